The Morgan fingerprint density at radius 3 is 2.86 bits per heavy atom. The van der Waals surface area contributed by atoms with Crippen molar-refractivity contribution >= 4 is 45.1 Å². The minimum Gasteiger partial charge on any atom is -0.383 e. The van der Waals surface area contributed by atoms with Crippen LogP contribution in [0.5, 0.6) is 0 Å². The average molecular weight is 322 g/mol. The molecule has 0 aliphatic carbocycles. The van der Waals surface area contributed by atoms with Crippen molar-refractivity contribution in [3.63, 3.8) is 0 Å². The van der Waals surface area contributed by atoms with Crippen molar-refractivity contribution in [1.82, 2.24) is 29.9 Å². The Balaban J connectivity index is 1.79. The second-order valence-corrected chi connectivity index (χ2v) is 6.74. The Kier molecular flexibility index (Phi) is 3.64. The standard InChI is InChI=1S/C11H14N8S2/c1-18(2)10-16-17-11(21-10)20-5-7-14-8(12)6-4-13-19(3)9(6)15-7/h4H,5H2,1-3H3,(H2,12,14,15). The number of aromatic nitrogens is 6. The molecule has 3 rings (SSSR count). The topological polar surface area (TPSA) is 98.6 Å². The van der Waals surface area contributed by atoms with E-state index in [1.807, 2.05) is 26.0 Å². The van der Waals surface area contributed by atoms with Crippen LogP contribution in [0.25, 0.3) is 11.0 Å². The lowest BCUT2D eigenvalue weighted by Gasteiger charge is -2.04. The molecular formula is C11H14N8S2. The molecule has 0 atom stereocenters. The van der Waals surface area contributed by atoms with Crippen LogP contribution in [0.15, 0.2) is 10.5 Å². The number of rotatable bonds is 4. The summed E-state index contributed by atoms with van der Waals surface area (Å²) in [5.41, 5.74) is 6.68. The molecule has 0 aliphatic heterocycles. The quantitative estimate of drug-likeness (QED) is 0.714. The minimum atomic E-state index is 0.454. The SMILES string of the molecule is CN(C)c1nnc(SCc2nc(N)c3cnn(C)c3n2)s1. The van der Waals surface area contributed by atoms with Crippen LogP contribution in [0.3, 0.4) is 0 Å². The van der Waals surface area contributed by atoms with Gasteiger partial charge in [0.1, 0.15) is 11.6 Å². The van der Waals surface area contributed by atoms with E-state index >= 15 is 0 Å². The maximum atomic E-state index is 5.94. The molecule has 0 saturated carbocycles. The number of hydrogen-bond acceptors (Lipinski definition) is 9. The normalized spacial score (nSPS) is 11.2. The van der Waals surface area contributed by atoms with Crippen LogP contribution in [0.2, 0.25) is 0 Å². The first kappa shape index (κ1) is 14.0. The molecule has 0 radical (unpaired) electrons. The van der Waals surface area contributed by atoms with Crippen molar-refractivity contribution in [3.8, 4) is 0 Å². The number of nitrogens with zero attached hydrogens (tertiary/aromatic N) is 7. The monoisotopic (exact) mass is 322 g/mol. The van der Waals surface area contributed by atoms with Gasteiger partial charge in [0, 0.05) is 21.1 Å². The highest BCUT2D eigenvalue weighted by atomic mass is 32.2. The fraction of sp³-hybridized carbons (Fsp3) is 0.364. The van der Waals surface area contributed by atoms with Gasteiger partial charge >= 0.3 is 0 Å². The summed E-state index contributed by atoms with van der Waals surface area (Å²) in [5, 5.41) is 14.0. The molecule has 0 fully saturated rings. The van der Waals surface area contributed by atoms with E-state index in [0.717, 1.165) is 20.5 Å². The maximum absolute atomic E-state index is 5.94. The van der Waals surface area contributed by atoms with Gasteiger partial charge in [-0.25, -0.2) is 9.97 Å². The lowest BCUT2D eigenvalue weighted by Crippen LogP contribution is -2.07. The number of thioether (sulfide) groups is 1. The highest BCUT2D eigenvalue weighted by Crippen LogP contribution is 2.29. The molecular weight excluding hydrogens is 308 g/mol. The van der Waals surface area contributed by atoms with E-state index in [9.17, 15) is 0 Å². The van der Waals surface area contributed by atoms with Gasteiger partial charge in [0.15, 0.2) is 9.99 Å². The molecule has 0 spiro atoms. The zero-order valence-electron chi connectivity index (χ0n) is 11.8. The second kappa shape index (κ2) is 5.45. The molecule has 21 heavy (non-hydrogen) atoms. The molecule has 110 valence electrons. The van der Waals surface area contributed by atoms with Crippen LogP contribution in [-0.2, 0) is 12.8 Å². The van der Waals surface area contributed by atoms with Crippen molar-refractivity contribution < 1.29 is 0 Å². The molecule has 0 unspecified atom stereocenters. The van der Waals surface area contributed by atoms with Crippen LogP contribution in [-0.4, -0.2) is 44.0 Å². The summed E-state index contributed by atoms with van der Waals surface area (Å²) in [5.74, 6) is 1.71. The van der Waals surface area contributed by atoms with Crippen LogP contribution in [0.1, 0.15) is 5.82 Å². The summed E-state index contributed by atoms with van der Waals surface area (Å²) in [6.45, 7) is 0. The van der Waals surface area contributed by atoms with E-state index in [1.165, 1.54) is 11.3 Å². The molecule has 3 aromatic heterocycles. The first-order valence-corrected chi connectivity index (χ1v) is 7.92. The van der Waals surface area contributed by atoms with Gasteiger partial charge in [0.25, 0.3) is 0 Å². The van der Waals surface area contributed by atoms with Crippen LogP contribution in [0.4, 0.5) is 10.9 Å². The number of anilines is 2. The summed E-state index contributed by atoms with van der Waals surface area (Å²) in [6.07, 6.45) is 1.68. The van der Waals surface area contributed by atoms with Crippen molar-refractivity contribution in [1.29, 1.82) is 0 Å². The summed E-state index contributed by atoms with van der Waals surface area (Å²) in [7, 11) is 5.71. The van der Waals surface area contributed by atoms with E-state index in [4.69, 9.17) is 5.73 Å². The fourth-order valence-electron chi connectivity index (χ4n) is 1.72. The lowest BCUT2D eigenvalue weighted by molar-refractivity contribution is 0.782. The van der Waals surface area contributed by atoms with Crippen LogP contribution < -0.4 is 10.6 Å². The lowest BCUT2D eigenvalue weighted by atomic mass is 10.4. The molecule has 10 heteroatoms. The number of hydrogen-bond donors (Lipinski definition) is 1. The molecule has 0 aliphatic rings. The Hall–Kier alpha value is -1.94. The fourth-order valence-corrected chi connectivity index (χ4v) is 3.34. The van der Waals surface area contributed by atoms with Gasteiger partial charge in [-0.15, -0.1) is 10.2 Å². The summed E-state index contributed by atoms with van der Waals surface area (Å²) < 4.78 is 2.57. The van der Waals surface area contributed by atoms with Crippen molar-refractivity contribution in [2.24, 2.45) is 7.05 Å². The van der Waals surface area contributed by atoms with Crippen LogP contribution in [0, 0.1) is 0 Å². The molecule has 0 bridgehead atoms. The Morgan fingerprint density at radius 2 is 2.14 bits per heavy atom. The van der Waals surface area contributed by atoms with Gasteiger partial charge in [-0.1, -0.05) is 23.1 Å². The third kappa shape index (κ3) is 2.76. The molecule has 3 heterocycles. The van der Waals surface area contributed by atoms with Crippen LogP contribution >= 0.6 is 23.1 Å². The zero-order chi connectivity index (χ0) is 15.0. The van der Waals surface area contributed by atoms with Gasteiger partial charge in [-0.2, -0.15) is 5.10 Å². The third-order valence-corrected chi connectivity index (χ3v) is 4.99. The molecule has 8 nitrogen and oxygen atoms in total. The predicted molar refractivity (Wildman–Crippen MR) is 84.5 cm³/mol. The Morgan fingerprint density at radius 1 is 1.33 bits per heavy atom. The first-order valence-electron chi connectivity index (χ1n) is 6.12. The van der Waals surface area contributed by atoms with Gasteiger partial charge in [0.2, 0.25) is 5.13 Å². The third-order valence-electron chi connectivity index (χ3n) is 2.77. The highest BCUT2D eigenvalue weighted by Gasteiger charge is 2.11. The van der Waals surface area contributed by atoms with Gasteiger partial charge < -0.3 is 10.6 Å². The van der Waals surface area contributed by atoms with E-state index in [2.05, 4.69) is 25.3 Å². The summed E-state index contributed by atoms with van der Waals surface area (Å²) in [6, 6.07) is 0. The summed E-state index contributed by atoms with van der Waals surface area (Å²) >= 11 is 3.08. The van der Waals surface area contributed by atoms with Gasteiger partial charge in [-0.05, 0) is 0 Å². The highest BCUT2D eigenvalue weighted by molar-refractivity contribution is 8.00. The van der Waals surface area contributed by atoms with Crippen molar-refractivity contribution in [2.45, 2.75) is 10.1 Å². The number of fused-ring (bicyclic) bond motifs is 1. The number of nitrogen functional groups attached to an aromatic ring is 1. The molecule has 0 amide bonds. The van der Waals surface area contributed by atoms with Crippen molar-refractivity contribution in [3.05, 3.63) is 12.0 Å². The number of nitrogens with two attached hydrogens (primary N) is 1. The van der Waals surface area contributed by atoms with E-state index in [1.54, 1.807) is 22.6 Å². The second-order valence-electron chi connectivity index (χ2n) is 4.56. The van der Waals surface area contributed by atoms with E-state index < -0.39 is 0 Å². The molecule has 0 aromatic carbocycles. The van der Waals surface area contributed by atoms with Crippen molar-refractivity contribution in [2.75, 3.05) is 24.7 Å². The zero-order valence-corrected chi connectivity index (χ0v) is 13.4. The first-order chi connectivity index (χ1) is 10.0. The van der Waals surface area contributed by atoms with E-state index in [-0.39, 0.29) is 0 Å². The Labute approximate surface area is 129 Å². The molecule has 3 aromatic rings. The minimum absolute atomic E-state index is 0.454. The molecule has 0 saturated heterocycles. The van der Waals surface area contributed by atoms with Gasteiger partial charge in [0.05, 0.1) is 17.3 Å². The smallest absolute Gasteiger partial charge is 0.208 e. The predicted octanol–water partition coefficient (Wildman–Crippen LogP) is 1.16. The Bertz CT molecular complexity index is 778. The summed E-state index contributed by atoms with van der Waals surface area (Å²) in [4.78, 5) is 10.7. The average Bonchev–Trinajstić information content (AvgIpc) is 3.05. The van der Waals surface area contributed by atoms with E-state index in [0.29, 0.717) is 17.4 Å². The molecule has 2 N–H and O–H groups in total. The number of aryl methyl sites for hydroxylation is 1. The largest absolute Gasteiger partial charge is 0.383 e. The van der Waals surface area contributed by atoms with Gasteiger partial charge in [-0.3, -0.25) is 4.68 Å². The maximum Gasteiger partial charge on any atom is 0.208 e.